The average Bonchev–Trinajstić information content (AvgIpc) is 4.14. The lowest BCUT2D eigenvalue weighted by Crippen LogP contribution is -2.55. The van der Waals surface area contributed by atoms with E-state index in [0.717, 1.165) is 15.9 Å². The van der Waals surface area contributed by atoms with Crippen LogP contribution in [-0.4, -0.2) is 123 Å². The summed E-state index contributed by atoms with van der Waals surface area (Å²) in [5.74, 6) is -10.4. The van der Waals surface area contributed by atoms with Gasteiger partial charge in [-0.2, -0.15) is 0 Å². The fraction of sp³-hybridized carbons (Fsp3) is 0.558. The first-order chi connectivity index (χ1) is 29.4. The molecule has 4 aromatic rings. The van der Waals surface area contributed by atoms with E-state index in [1.165, 1.54) is 30.3 Å². The molecule has 2 aliphatic heterocycles. The summed E-state index contributed by atoms with van der Waals surface area (Å²) in [6.45, 7) is 1.17. The monoisotopic (exact) mass is 871 g/mol. The van der Waals surface area contributed by atoms with Crippen molar-refractivity contribution in [2.75, 3.05) is 27.2 Å². The zero-order valence-corrected chi connectivity index (χ0v) is 34.8. The molecular weight excluding hydrogens is 821 g/mol. The summed E-state index contributed by atoms with van der Waals surface area (Å²) in [6.07, 6.45) is 0.900. The van der Waals surface area contributed by atoms with Crippen molar-refractivity contribution in [2.45, 2.75) is 113 Å². The second-order valence-corrected chi connectivity index (χ2v) is 17.6. The smallest absolute Gasteiger partial charge is 0.267 e. The molecule has 62 heavy (non-hydrogen) atoms. The maximum absolute atomic E-state index is 15.5. The number of imidazole rings is 1. The van der Waals surface area contributed by atoms with Gasteiger partial charge < -0.3 is 40.6 Å². The lowest BCUT2D eigenvalue weighted by Gasteiger charge is -2.30. The second kappa shape index (κ2) is 16.5. The number of likely N-dealkylation sites (N-methyl/N-ethyl adjacent to an activating group) is 2. The Kier molecular flexibility index (Phi) is 11.6. The quantitative estimate of drug-likeness (QED) is 0.110. The van der Waals surface area contributed by atoms with Crippen LogP contribution in [0.2, 0.25) is 0 Å². The van der Waals surface area contributed by atoms with E-state index in [9.17, 15) is 28.0 Å². The van der Waals surface area contributed by atoms with Gasteiger partial charge in [0.15, 0.2) is 5.82 Å². The van der Waals surface area contributed by atoms with Gasteiger partial charge in [0.2, 0.25) is 23.6 Å². The number of halogens is 6. The zero-order valence-electron chi connectivity index (χ0n) is 34.8. The largest absolute Gasteiger partial charge is 0.352 e. The van der Waals surface area contributed by atoms with Crippen LogP contribution < -0.4 is 21.3 Å². The number of H-pyrrole nitrogens is 1. The van der Waals surface area contributed by atoms with Gasteiger partial charge in [-0.3, -0.25) is 19.2 Å². The van der Waals surface area contributed by atoms with E-state index in [2.05, 4.69) is 26.3 Å². The van der Waals surface area contributed by atoms with Crippen LogP contribution >= 0.6 is 0 Å². The Morgan fingerprint density at radius 3 is 1.84 bits per heavy atom. The molecule has 0 radical (unpaired) electrons. The zero-order chi connectivity index (χ0) is 44.4. The van der Waals surface area contributed by atoms with Gasteiger partial charge in [0.05, 0.1) is 47.9 Å². The Morgan fingerprint density at radius 2 is 1.29 bits per heavy atom. The molecule has 4 fully saturated rings. The molecule has 0 bridgehead atoms. The van der Waals surface area contributed by atoms with Crippen molar-refractivity contribution in [2.24, 2.45) is 11.8 Å². The van der Waals surface area contributed by atoms with Crippen LogP contribution in [0.15, 0.2) is 36.4 Å². The molecule has 2 saturated carbocycles. The van der Waals surface area contributed by atoms with Crippen LogP contribution in [0.4, 0.5) is 26.3 Å². The first-order valence-electron chi connectivity index (χ1n) is 21.1. The first kappa shape index (κ1) is 43.5. The maximum atomic E-state index is 15.5. The first-order valence-corrected chi connectivity index (χ1v) is 21.1. The van der Waals surface area contributed by atoms with Crippen molar-refractivity contribution in [3.63, 3.8) is 0 Å². The van der Waals surface area contributed by atoms with Gasteiger partial charge in [-0.25, -0.2) is 31.3 Å². The lowest BCUT2D eigenvalue weighted by atomic mass is 9.98. The van der Waals surface area contributed by atoms with Crippen LogP contribution in [0.1, 0.15) is 57.9 Å². The van der Waals surface area contributed by atoms with Crippen LogP contribution in [0.5, 0.6) is 0 Å². The molecule has 19 heteroatoms. The van der Waals surface area contributed by atoms with Gasteiger partial charge in [0.25, 0.3) is 11.8 Å². The standard InChI is InChI=1S/C43H51F6N9O4/c1-21(50-3)38(59)54-34(23-5-6-23)40(61)57-19-42(46,47)16-27(57)15-30-29-11-9-25(44)13-31(29)52-36(30)37-53-32-14-26(45)10-12-33(32)56(37)18-28-17-43(48,49)20-58(28)41(62)35(24-7-8-24)55-39(60)22(2)51-4/h9-14,21-24,27-28,34-35,50-52H,5-8,15-20H2,1-4H3,(H,54,59)(H,55,60)/t21-,22-,27+,28-,34?,35?/m0/s1. The van der Waals surface area contributed by atoms with Gasteiger partial charge in [0, 0.05) is 42.4 Å². The number of nitrogens with zero attached hydrogens (tertiary/aromatic N) is 4. The van der Waals surface area contributed by atoms with Gasteiger partial charge in [-0.1, -0.05) is 0 Å². The van der Waals surface area contributed by atoms with Crippen molar-refractivity contribution in [1.82, 2.24) is 45.6 Å². The van der Waals surface area contributed by atoms with E-state index >= 15 is 17.6 Å². The average molecular weight is 872 g/mol. The summed E-state index contributed by atoms with van der Waals surface area (Å²) in [4.78, 5) is 64.4. The van der Waals surface area contributed by atoms with E-state index in [-0.39, 0.29) is 47.4 Å². The van der Waals surface area contributed by atoms with E-state index in [1.54, 1.807) is 32.5 Å². The van der Waals surface area contributed by atoms with Crippen molar-refractivity contribution >= 4 is 45.6 Å². The molecule has 4 aliphatic rings. The summed E-state index contributed by atoms with van der Waals surface area (Å²) >= 11 is 0. The predicted molar refractivity (Wildman–Crippen MR) is 217 cm³/mol. The molecule has 334 valence electrons. The molecule has 8 rings (SSSR count). The number of aromatic nitrogens is 3. The summed E-state index contributed by atoms with van der Waals surface area (Å²) < 4.78 is 93.2. The van der Waals surface area contributed by atoms with Crippen molar-refractivity contribution in [1.29, 1.82) is 0 Å². The highest BCUT2D eigenvalue weighted by atomic mass is 19.3. The second-order valence-electron chi connectivity index (χ2n) is 17.6. The Balaban J connectivity index is 1.18. The Bertz CT molecular complexity index is 2230. The lowest BCUT2D eigenvalue weighted by molar-refractivity contribution is -0.139. The number of nitrogens with one attached hydrogen (secondary N) is 5. The van der Waals surface area contributed by atoms with Gasteiger partial charge in [-0.05, 0) is 108 Å². The third-order valence-electron chi connectivity index (χ3n) is 12.9. The summed E-state index contributed by atoms with van der Waals surface area (Å²) in [5.41, 5.74) is 1.28. The van der Waals surface area contributed by atoms with Gasteiger partial charge >= 0.3 is 0 Å². The molecule has 2 aromatic heterocycles. The number of fused-ring (bicyclic) bond motifs is 2. The number of carbonyl (C=O) groups excluding carboxylic acids is 4. The molecule has 0 spiro atoms. The number of aromatic amines is 1. The molecule has 4 heterocycles. The third-order valence-corrected chi connectivity index (χ3v) is 12.9. The van der Waals surface area contributed by atoms with Gasteiger partial charge in [-0.15, -0.1) is 0 Å². The topological polar surface area (TPSA) is 156 Å². The molecule has 5 N–H and O–H groups in total. The molecule has 2 aromatic carbocycles. The Hall–Kier alpha value is -5.17. The van der Waals surface area contributed by atoms with Crippen molar-refractivity contribution < 1.29 is 45.5 Å². The number of hydrogen-bond acceptors (Lipinski definition) is 7. The van der Waals surface area contributed by atoms with E-state index in [1.807, 2.05) is 0 Å². The van der Waals surface area contributed by atoms with Crippen LogP contribution in [0, 0.1) is 23.5 Å². The maximum Gasteiger partial charge on any atom is 0.267 e. The number of benzene rings is 2. The van der Waals surface area contributed by atoms with Gasteiger partial charge in [0.1, 0.15) is 23.7 Å². The molecule has 6 atom stereocenters. The molecule has 2 saturated heterocycles. The van der Waals surface area contributed by atoms with E-state index in [4.69, 9.17) is 4.98 Å². The van der Waals surface area contributed by atoms with Crippen LogP contribution in [0.25, 0.3) is 33.5 Å². The fourth-order valence-electron chi connectivity index (χ4n) is 9.01. The fourth-order valence-corrected chi connectivity index (χ4v) is 9.01. The van der Waals surface area contributed by atoms with E-state index < -0.39 is 109 Å². The molecule has 4 amide bonds. The molecule has 2 unspecified atom stereocenters. The summed E-state index contributed by atoms with van der Waals surface area (Å²) in [6, 6.07) is 2.05. The summed E-state index contributed by atoms with van der Waals surface area (Å²) in [5, 5.41) is 11.6. The van der Waals surface area contributed by atoms with Crippen molar-refractivity contribution in [3.8, 4) is 11.5 Å². The highest BCUT2D eigenvalue weighted by Gasteiger charge is 2.52. The summed E-state index contributed by atoms with van der Waals surface area (Å²) in [7, 11) is 3.17. The Morgan fingerprint density at radius 1 is 0.774 bits per heavy atom. The SMILES string of the molecule is CN[C@@H](C)C(=O)NC(C(=O)N1CC(F)(F)C[C@H]1Cc1c(-c2nc3cc(F)ccc3n2C[C@@H]2CC(F)(F)CN2C(=O)C(NC(=O)[C@H](C)NC)C2CC2)[nH]c2cc(F)ccc12)C1CC1. The minimum absolute atomic E-state index is 0.0847. The van der Waals surface area contributed by atoms with Crippen LogP contribution in [0.3, 0.4) is 0 Å². The van der Waals surface area contributed by atoms with E-state index in [0.29, 0.717) is 42.1 Å². The number of amides is 4. The number of likely N-dealkylation sites (tertiary alicyclic amines) is 2. The number of alkyl halides is 4. The predicted octanol–water partition coefficient (Wildman–Crippen LogP) is 4.48. The minimum atomic E-state index is -3.30. The minimum Gasteiger partial charge on any atom is -0.352 e. The number of carbonyl (C=O) groups is 4. The highest BCUT2D eigenvalue weighted by molar-refractivity contribution is 5.93. The third kappa shape index (κ3) is 8.74. The molecular formula is C43H51F6N9O4. The number of rotatable bonds is 15. The Labute approximate surface area is 353 Å². The number of hydrogen-bond donors (Lipinski definition) is 5. The molecule has 2 aliphatic carbocycles. The van der Waals surface area contributed by atoms with Crippen LogP contribution in [-0.2, 0) is 32.1 Å². The highest BCUT2D eigenvalue weighted by Crippen LogP contribution is 2.43. The molecule has 13 nitrogen and oxygen atoms in total. The van der Waals surface area contributed by atoms with Crippen molar-refractivity contribution in [3.05, 3.63) is 53.6 Å². The normalized spacial score (nSPS) is 22.8.